The molecular weight excluding hydrogens is 1450 g/mol. The molecule has 0 bridgehead atoms. The number of Topliss-reactive ketones (excluding diaryl/α,β-unsaturated/α-hetero) is 4. The first-order chi connectivity index (χ1) is 56.5. The van der Waals surface area contributed by atoms with Gasteiger partial charge in [-0.15, -0.1) is 5.10 Å². The van der Waals surface area contributed by atoms with Gasteiger partial charge in [-0.3, -0.25) is 24.2 Å². The third kappa shape index (κ3) is 16.0. The zero-order chi connectivity index (χ0) is 79.8. The Balaban J connectivity index is 0.000000111. The van der Waals surface area contributed by atoms with E-state index in [2.05, 4.69) is 156 Å². The van der Waals surface area contributed by atoms with E-state index in [0.29, 0.717) is 72.8 Å². The van der Waals surface area contributed by atoms with Gasteiger partial charge >= 0.3 is 0 Å². The normalized spacial score (nSPS) is 15.3. The van der Waals surface area contributed by atoms with Gasteiger partial charge in [0, 0.05) is 176 Å². The molecule has 12 aromatic rings. The fraction of sp³-hybridized carbons (Fsp3) is 0.301. The van der Waals surface area contributed by atoms with Crippen molar-refractivity contribution in [1.82, 2.24) is 55.1 Å². The van der Waals surface area contributed by atoms with Crippen LogP contribution in [0.3, 0.4) is 0 Å². The molecule has 0 atom stereocenters. The molecule has 0 unspecified atom stereocenters. The van der Waals surface area contributed by atoms with Crippen molar-refractivity contribution in [3.8, 4) is 44.5 Å². The van der Waals surface area contributed by atoms with E-state index in [-0.39, 0.29) is 23.1 Å². The van der Waals surface area contributed by atoms with Crippen molar-refractivity contribution < 1.29 is 19.2 Å². The molecule has 8 aliphatic rings. The van der Waals surface area contributed by atoms with Gasteiger partial charge in [-0.25, -0.2) is 39.9 Å². The molecule has 4 fully saturated rings. The molecule has 0 amide bonds. The number of pyridine rings is 5. The minimum Gasteiger partial charge on any atom is -0.388 e. The average molecular weight is 1540 g/mol. The van der Waals surface area contributed by atoms with Crippen LogP contribution in [-0.2, 0) is 25.7 Å². The lowest BCUT2D eigenvalue weighted by Gasteiger charge is -2.15. The molecule has 8 heterocycles. The molecule has 8 aliphatic carbocycles. The molecule has 0 aliphatic heterocycles. The van der Waals surface area contributed by atoms with Gasteiger partial charge in [0.15, 0.2) is 29.0 Å². The summed E-state index contributed by atoms with van der Waals surface area (Å²) in [7, 11) is 7.43. The van der Waals surface area contributed by atoms with Crippen molar-refractivity contribution in [3.05, 3.63) is 242 Å². The van der Waals surface area contributed by atoms with Crippen molar-refractivity contribution >= 4 is 92.6 Å². The summed E-state index contributed by atoms with van der Waals surface area (Å²) in [5.41, 5.74) is 29.2. The van der Waals surface area contributed by atoms with E-state index in [9.17, 15) is 19.2 Å². The van der Waals surface area contributed by atoms with E-state index in [1.165, 1.54) is 62.5 Å². The largest absolute Gasteiger partial charge is 0.388 e. The fourth-order valence-electron chi connectivity index (χ4n) is 16.5. The van der Waals surface area contributed by atoms with Gasteiger partial charge < -0.3 is 42.5 Å². The Morgan fingerprint density at radius 2 is 0.603 bits per heavy atom. The van der Waals surface area contributed by atoms with E-state index in [1.807, 2.05) is 144 Å². The van der Waals surface area contributed by atoms with Gasteiger partial charge in [0.1, 0.15) is 34.9 Å². The standard InChI is InChI=1S/C24H24N4O.3C23H23N5O/c1-14-11-23(28-22-10-5-16(12-26-22)15-3-4-15)27-13-19(14)17-6-8-20(25-2)24-18(17)7-9-21(24)29;1-13-11-22(26-21-10-8-18(27-28-21)14-3-4-14)25-12-17(13)15-5-7-19(24-2)23-16(15)6-9-20(23)29;1-13-9-21(28-23-26-10-15(11-27-23)14-3-4-14)25-12-18(13)16-5-7-19(24-2)22-17(16)6-8-20(22)29;1-13-9-21(28-22-12-25-19(11-27-22)14-3-4-14)26-10-17(13)15-5-7-18(24-2)23-16(15)6-8-20(23)29/h5-6,8,10-13,15,25H,3-4,7,9H2,1-2H3,(H,26,27,28);5,7-8,10-12,14,24H,3-4,6,9H2,1-2H3,(H,25,26,28);5,7,9-12,14,24H,3-4,6,8H2,1-2H3,(H,25,26,27,28);5,7,9-12,14,24H,3-4,6,8H2,1-2H3,(H,26,27,28). The maximum atomic E-state index is 12.4. The summed E-state index contributed by atoms with van der Waals surface area (Å²) in [6, 6.07) is 32.5. The molecule has 116 heavy (non-hydrogen) atoms. The van der Waals surface area contributed by atoms with Crippen molar-refractivity contribution in [2.45, 2.75) is 154 Å². The lowest BCUT2D eigenvalue weighted by atomic mass is 9.94. The number of carbonyl (C=O) groups is 4. The summed E-state index contributed by atoms with van der Waals surface area (Å²) < 4.78 is 0. The van der Waals surface area contributed by atoms with E-state index in [1.54, 1.807) is 6.20 Å². The van der Waals surface area contributed by atoms with E-state index >= 15 is 0 Å². The second kappa shape index (κ2) is 32.4. The number of nitrogens with zero attached hydrogens (tertiary/aromatic N) is 11. The second-order valence-electron chi connectivity index (χ2n) is 31.4. The summed E-state index contributed by atoms with van der Waals surface area (Å²) in [5.74, 6) is 9.10. The van der Waals surface area contributed by atoms with Crippen LogP contribution in [0.4, 0.5) is 69.4 Å². The molecule has 20 rings (SSSR count). The van der Waals surface area contributed by atoms with Crippen LogP contribution in [0.2, 0.25) is 0 Å². The van der Waals surface area contributed by atoms with Crippen LogP contribution in [0, 0.1) is 27.7 Å². The molecule has 584 valence electrons. The maximum absolute atomic E-state index is 12.4. The molecule has 23 heteroatoms. The van der Waals surface area contributed by atoms with Crippen LogP contribution in [0.15, 0.2) is 153 Å². The van der Waals surface area contributed by atoms with Gasteiger partial charge in [-0.1, -0.05) is 30.3 Å². The zero-order valence-electron chi connectivity index (χ0n) is 66.6. The summed E-state index contributed by atoms with van der Waals surface area (Å²) in [5, 5.41) is 34.1. The topological polar surface area (TPSA) is 306 Å². The van der Waals surface area contributed by atoms with E-state index in [0.717, 1.165) is 194 Å². The van der Waals surface area contributed by atoms with E-state index in [4.69, 9.17) is 0 Å². The summed E-state index contributed by atoms with van der Waals surface area (Å²) in [4.78, 5) is 90.1. The fourth-order valence-corrected chi connectivity index (χ4v) is 16.5. The third-order valence-electron chi connectivity index (χ3n) is 23.4. The number of aromatic nitrogens is 11. The maximum Gasteiger partial charge on any atom is 0.228 e. The number of fused-ring (bicyclic) bond motifs is 4. The number of carbonyl (C=O) groups excluding carboxylic acids is 4. The SMILES string of the molecule is CNc1ccc(-c2cnc(Nc3ccc(C4CC4)cn3)cc2C)c2c1C(=O)CC2.CNc1ccc(-c2cnc(Nc3ccc(C4CC4)nn3)cc2C)c2c1C(=O)CC2.CNc1ccc(-c2cnc(Nc3cnc(C4CC4)cn3)cc2C)c2c1C(=O)CC2.CNc1ccc(-c2cnc(Nc3ncc(C4CC4)cn3)cc2C)c2c1C(=O)CC2. The summed E-state index contributed by atoms with van der Waals surface area (Å²) in [6.07, 6.45) is 32.2. The molecule has 8 aromatic heterocycles. The Kier molecular flexibility index (Phi) is 21.2. The number of benzene rings is 4. The number of rotatable bonds is 20. The number of hydrogen-bond acceptors (Lipinski definition) is 23. The van der Waals surface area contributed by atoms with Crippen LogP contribution < -0.4 is 42.5 Å². The summed E-state index contributed by atoms with van der Waals surface area (Å²) >= 11 is 0. The van der Waals surface area contributed by atoms with Crippen molar-refractivity contribution in [1.29, 1.82) is 0 Å². The zero-order valence-corrected chi connectivity index (χ0v) is 66.6. The highest BCUT2D eigenvalue weighted by Gasteiger charge is 2.33. The first kappa shape index (κ1) is 75.6. The van der Waals surface area contributed by atoms with Crippen molar-refractivity contribution in [3.63, 3.8) is 0 Å². The highest BCUT2D eigenvalue weighted by Crippen LogP contribution is 2.46. The van der Waals surface area contributed by atoms with Gasteiger partial charge in [0.25, 0.3) is 0 Å². The van der Waals surface area contributed by atoms with Crippen molar-refractivity contribution in [2.24, 2.45) is 0 Å². The van der Waals surface area contributed by atoms with Crippen molar-refractivity contribution in [2.75, 3.05) is 70.7 Å². The number of aryl methyl sites for hydroxylation is 4. The van der Waals surface area contributed by atoms with Gasteiger partial charge in [-0.05, 0) is 261 Å². The average Bonchev–Trinajstić information content (AvgIpc) is 1.56. The molecule has 8 N–H and O–H groups in total. The predicted octanol–water partition coefficient (Wildman–Crippen LogP) is 19.2. The molecule has 0 radical (unpaired) electrons. The van der Waals surface area contributed by atoms with Crippen LogP contribution in [-0.4, -0.2) is 106 Å². The Morgan fingerprint density at radius 1 is 0.267 bits per heavy atom. The van der Waals surface area contributed by atoms with Crippen LogP contribution in [0.5, 0.6) is 0 Å². The minimum absolute atomic E-state index is 0.210. The quantitative estimate of drug-likeness (QED) is 0.0352. The molecule has 4 aromatic carbocycles. The van der Waals surface area contributed by atoms with Crippen LogP contribution in [0.25, 0.3) is 44.5 Å². The minimum atomic E-state index is 0.210. The smallest absolute Gasteiger partial charge is 0.228 e. The second-order valence-corrected chi connectivity index (χ2v) is 31.4. The Hall–Kier alpha value is -13.1. The number of nitrogens with one attached hydrogen (secondary N) is 8. The Bertz CT molecular complexity index is 5120. The highest BCUT2D eigenvalue weighted by molar-refractivity contribution is 6.10. The Labute approximate surface area is 674 Å². The lowest BCUT2D eigenvalue weighted by Crippen LogP contribution is -2.02. The van der Waals surface area contributed by atoms with Gasteiger partial charge in [0.05, 0.1) is 23.8 Å². The first-order valence-electron chi connectivity index (χ1n) is 40.4. The molecule has 23 nitrogen and oxygen atoms in total. The first-order valence-corrected chi connectivity index (χ1v) is 40.4. The monoisotopic (exact) mass is 1540 g/mol. The molecular formula is C93H93N19O4. The predicted molar refractivity (Wildman–Crippen MR) is 458 cm³/mol. The van der Waals surface area contributed by atoms with Gasteiger partial charge in [-0.2, -0.15) is 5.10 Å². The number of ketones is 4. The van der Waals surface area contributed by atoms with Gasteiger partial charge in [0.2, 0.25) is 5.95 Å². The van der Waals surface area contributed by atoms with Crippen LogP contribution >= 0.6 is 0 Å². The third-order valence-corrected chi connectivity index (χ3v) is 23.4. The highest BCUT2D eigenvalue weighted by atomic mass is 16.1. The Morgan fingerprint density at radius 3 is 0.940 bits per heavy atom. The summed E-state index contributed by atoms with van der Waals surface area (Å²) in [6.45, 7) is 8.29. The molecule has 4 saturated carbocycles. The number of hydrogen-bond donors (Lipinski definition) is 8. The number of anilines is 12. The molecule has 0 spiro atoms. The van der Waals surface area contributed by atoms with E-state index < -0.39 is 0 Å². The molecule has 0 saturated heterocycles. The van der Waals surface area contributed by atoms with Crippen LogP contribution in [0.1, 0.15) is 209 Å². The lowest BCUT2D eigenvalue weighted by molar-refractivity contribution is 0.0987.